The molecule has 126 valence electrons. The van der Waals surface area contributed by atoms with Gasteiger partial charge in [-0.15, -0.1) is 0 Å². The maximum absolute atomic E-state index is 12.1. The molecule has 6 nitrogen and oxygen atoms in total. The molecule has 0 aliphatic carbocycles. The molecule has 2 aromatic carbocycles. The van der Waals surface area contributed by atoms with E-state index in [9.17, 15) is 14.4 Å². The molecular weight excluding hydrogens is 320 g/mol. The summed E-state index contributed by atoms with van der Waals surface area (Å²) in [6.45, 7) is 0.121. The molecule has 2 heterocycles. The number of benzene rings is 2. The number of anilines is 1. The van der Waals surface area contributed by atoms with E-state index in [2.05, 4.69) is 5.32 Å². The number of likely N-dealkylation sites (tertiary alicyclic amines) is 1. The Morgan fingerprint density at radius 2 is 1.72 bits per heavy atom. The molecule has 1 fully saturated rings. The Balaban J connectivity index is 1.46. The van der Waals surface area contributed by atoms with E-state index in [1.54, 1.807) is 6.07 Å². The summed E-state index contributed by atoms with van der Waals surface area (Å²) < 4.78 is 5.80. The number of hydrogen-bond donors (Lipinski definition) is 1. The van der Waals surface area contributed by atoms with Crippen LogP contribution < -0.4 is 5.32 Å². The van der Waals surface area contributed by atoms with Gasteiger partial charge in [0.25, 0.3) is 0 Å². The average Bonchev–Trinajstić information content (AvgIpc) is 3.12. The number of amides is 3. The van der Waals surface area contributed by atoms with E-state index in [-0.39, 0.29) is 43.5 Å². The molecule has 3 aromatic rings. The molecule has 1 saturated heterocycles. The van der Waals surface area contributed by atoms with Gasteiger partial charge in [0.2, 0.25) is 17.7 Å². The van der Waals surface area contributed by atoms with Crippen LogP contribution in [0.4, 0.5) is 5.69 Å². The van der Waals surface area contributed by atoms with E-state index in [1.807, 2.05) is 36.4 Å². The van der Waals surface area contributed by atoms with E-state index in [0.717, 1.165) is 21.3 Å². The van der Waals surface area contributed by atoms with Gasteiger partial charge >= 0.3 is 0 Å². The maximum Gasteiger partial charge on any atom is 0.229 e. The van der Waals surface area contributed by atoms with Gasteiger partial charge in [0.1, 0.15) is 11.2 Å². The van der Waals surface area contributed by atoms with Crippen molar-refractivity contribution in [2.24, 2.45) is 0 Å². The summed E-state index contributed by atoms with van der Waals surface area (Å²) in [7, 11) is 0. The summed E-state index contributed by atoms with van der Waals surface area (Å²) in [6, 6.07) is 13.3. The Morgan fingerprint density at radius 1 is 1.00 bits per heavy atom. The van der Waals surface area contributed by atoms with Crippen LogP contribution in [0.25, 0.3) is 21.9 Å². The SMILES string of the molecule is O=C(CCN1C(=O)CCC1=O)Nc1ccc2c(c1)oc1ccccc12. The normalized spacial score (nSPS) is 14.6. The standard InChI is InChI=1S/C19H16N2O4/c22-17(9-10-21-18(23)7-8-19(21)24)20-12-5-6-14-13-3-1-2-4-15(13)25-16(14)11-12/h1-6,11H,7-10H2,(H,20,22). The fourth-order valence-electron chi connectivity index (χ4n) is 3.11. The fraction of sp³-hybridized carbons (Fsp3) is 0.211. The highest BCUT2D eigenvalue weighted by Gasteiger charge is 2.28. The first-order valence-electron chi connectivity index (χ1n) is 8.16. The Morgan fingerprint density at radius 3 is 2.52 bits per heavy atom. The summed E-state index contributed by atoms with van der Waals surface area (Å²) in [5.41, 5.74) is 2.12. The highest BCUT2D eigenvalue weighted by atomic mass is 16.3. The van der Waals surface area contributed by atoms with Crippen LogP contribution in [0.5, 0.6) is 0 Å². The quantitative estimate of drug-likeness (QED) is 0.743. The lowest BCUT2D eigenvalue weighted by atomic mass is 10.1. The molecule has 0 saturated carbocycles. The van der Waals surface area contributed by atoms with Gasteiger partial charge < -0.3 is 9.73 Å². The van der Waals surface area contributed by atoms with Gasteiger partial charge in [0.05, 0.1) is 0 Å². The number of rotatable bonds is 4. The van der Waals surface area contributed by atoms with Gasteiger partial charge in [-0.3, -0.25) is 19.3 Å². The zero-order valence-electron chi connectivity index (χ0n) is 13.5. The van der Waals surface area contributed by atoms with E-state index in [1.165, 1.54) is 0 Å². The predicted molar refractivity (Wildman–Crippen MR) is 92.9 cm³/mol. The third-order valence-electron chi connectivity index (χ3n) is 4.38. The van der Waals surface area contributed by atoms with Crippen LogP contribution in [-0.2, 0) is 14.4 Å². The Labute approximate surface area is 143 Å². The van der Waals surface area contributed by atoms with Crippen molar-refractivity contribution >= 4 is 45.3 Å². The molecule has 1 aromatic heterocycles. The van der Waals surface area contributed by atoms with Gasteiger partial charge in [-0.1, -0.05) is 18.2 Å². The third kappa shape index (κ3) is 2.87. The van der Waals surface area contributed by atoms with Crippen molar-refractivity contribution < 1.29 is 18.8 Å². The molecule has 0 unspecified atom stereocenters. The number of para-hydroxylation sites is 1. The Hall–Kier alpha value is -3.15. The fourth-order valence-corrected chi connectivity index (χ4v) is 3.11. The molecular formula is C19H16N2O4. The first-order chi connectivity index (χ1) is 12.1. The van der Waals surface area contributed by atoms with Gasteiger partial charge in [0, 0.05) is 48.3 Å². The second-order valence-electron chi connectivity index (χ2n) is 6.05. The number of imide groups is 1. The summed E-state index contributed by atoms with van der Waals surface area (Å²) in [5.74, 6) is -0.661. The molecule has 3 amide bonds. The first kappa shape index (κ1) is 15.4. The lowest BCUT2D eigenvalue weighted by Gasteiger charge is -2.13. The first-order valence-corrected chi connectivity index (χ1v) is 8.16. The van der Waals surface area contributed by atoms with Crippen molar-refractivity contribution in [3.63, 3.8) is 0 Å². The van der Waals surface area contributed by atoms with E-state index in [0.29, 0.717) is 11.3 Å². The van der Waals surface area contributed by atoms with E-state index in [4.69, 9.17) is 4.42 Å². The number of furan rings is 1. The molecule has 0 spiro atoms. The third-order valence-corrected chi connectivity index (χ3v) is 4.38. The molecule has 0 bridgehead atoms. The van der Waals surface area contributed by atoms with Gasteiger partial charge in [-0.2, -0.15) is 0 Å². The van der Waals surface area contributed by atoms with Crippen molar-refractivity contribution in [2.45, 2.75) is 19.3 Å². The highest BCUT2D eigenvalue weighted by Crippen LogP contribution is 2.30. The van der Waals surface area contributed by atoms with Crippen LogP contribution in [0.1, 0.15) is 19.3 Å². The number of nitrogens with one attached hydrogen (secondary N) is 1. The van der Waals surface area contributed by atoms with Gasteiger partial charge in [-0.25, -0.2) is 0 Å². The minimum Gasteiger partial charge on any atom is -0.456 e. The predicted octanol–water partition coefficient (Wildman–Crippen LogP) is 3.06. The number of hydrogen-bond acceptors (Lipinski definition) is 4. The highest BCUT2D eigenvalue weighted by molar-refractivity contribution is 6.06. The molecule has 4 rings (SSSR count). The second kappa shape index (κ2) is 6.05. The zero-order valence-corrected chi connectivity index (χ0v) is 13.5. The Kier molecular flexibility index (Phi) is 3.72. The van der Waals surface area contributed by atoms with Crippen LogP contribution in [0, 0.1) is 0 Å². The Bertz CT molecular complexity index is 989. The topological polar surface area (TPSA) is 79.6 Å². The second-order valence-corrected chi connectivity index (χ2v) is 6.05. The van der Waals surface area contributed by atoms with Crippen molar-refractivity contribution in [3.8, 4) is 0 Å². The van der Waals surface area contributed by atoms with Crippen LogP contribution in [0.3, 0.4) is 0 Å². The maximum atomic E-state index is 12.1. The molecule has 25 heavy (non-hydrogen) atoms. The molecule has 1 aliphatic rings. The monoisotopic (exact) mass is 336 g/mol. The molecule has 0 atom stereocenters. The minimum absolute atomic E-state index is 0.0790. The van der Waals surface area contributed by atoms with Crippen LogP contribution in [-0.4, -0.2) is 29.2 Å². The zero-order chi connectivity index (χ0) is 17.4. The van der Waals surface area contributed by atoms with Gasteiger partial charge in [0.15, 0.2) is 0 Å². The number of carbonyl (C=O) groups is 3. The smallest absolute Gasteiger partial charge is 0.229 e. The van der Waals surface area contributed by atoms with Crippen LogP contribution in [0.15, 0.2) is 46.9 Å². The molecule has 6 heteroatoms. The lowest BCUT2D eigenvalue weighted by Crippen LogP contribution is -2.32. The molecule has 1 N–H and O–H groups in total. The average molecular weight is 336 g/mol. The largest absolute Gasteiger partial charge is 0.456 e. The summed E-state index contributed by atoms with van der Waals surface area (Å²) in [6.07, 6.45) is 0.558. The van der Waals surface area contributed by atoms with Crippen molar-refractivity contribution in [3.05, 3.63) is 42.5 Å². The van der Waals surface area contributed by atoms with Crippen LogP contribution in [0.2, 0.25) is 0 Å². The number of nitrogens with zero attached hydrogens (tertiary/aromatic N) is 1. The summed E-state index contributed by atoms with van der Waals surface area (Å²) in [5, 5.41) is 4.80. The summed E-state index contributed by atoms with van der Waals surface area (Å²) >= 11 is 0. The summed E-state index contributed by atoms with van der Waals surface area (Å²) in [4.78, 5) is 36.4. The lowest BCUT2D eigenvalue weighted by molar-refractivity contribution is -0.138. The van der Waals surface area contributed by atoms with E-state index >= 15 is 0 Å². The van der Waals surface area contributed by atoms with Crippen molar-refractivity contribution in [2.75, 3.05) is 11.9 Å². The molecule has 1 aliphatic heterocycles. The van der Waals surface area contributed by atoms with Crippen LogP contribution >= 0.6 is 0 Å². The minimum atomic E-state index is -0.247. The van der Waals surface area contributed by atoms with Crippen molar-refractivity contribution in [1.82, 2.24) is 4.90 Å². The number of carbonyl (C=O) groups excluding carboxylic acids is 3. The number of fused-ring (bicyclic) bond motifs is 3. The molecule has 0 radical (unpaired) electrons. The van der Waals surface area contributed by atoms with Crippen molar-refractivity contribution in [1.29, 1.82) is 0 Å². The van der Waals surface area contributed by atoms with Gasteiger partial charge in [-0.05, 0) is 18.2 Å². The van der Waals surface area contributed by atoms with E-state index < -0.39 is 0 Å².